The van der Waals surface area contributed by atoms with Crippen molar-refractivity contribution in [3.05, 3.63) is 52.7 Å². The number of pyridine rings is 1. The molecule has 7 heteroatoms. The van der Waals surface area contributed by atoms with Crippen molar-refractivity contribution >= 4 is 34.6 Å². The van der Waals surface area contributed by atoms with Gasteiger partial charge >= 0.3 is 0 Å². The third-order valence-corrected chi connectivity index (χ3v) is 6.08. The SMILES string of the molecule is Cc1ccc([C@@](C)(O)CC(=O)Nc2nc3ccc(Cl)nc3n2C2(C)CCC2)cc1. The Labute approximate surface area is 174 Å². The van der Waals surface area contributed by atoms with Crippen LogP contribution in [0.4, 0.5) is 5.95 Å². The molecule has 0 spiro atoms. The summed E-state index contributed by atoms with van der Waals surface area (Å²) in [6, 6.07) is 11.0. The maximum Gasteiger partial charge on any atom is 0.229 e. The average molecular weight is 413 g/mol. The number of halogens is 1. The molecule has 29 heavy (non-hydrogen) atoms. The molecule has 0 radical (unpaired) electrons. The number of carbonyl (C=O) groups excluding carboxylic acids is 1. The van der Waals surface area contributed by atoms with Crippen LogP contribution in [0, 0.1) is 6.92 Å². The number of rotatable bonds is 5. The number of nitrogens with one attached hydrogen (secondary N) is 1. The summed E-state index contributed by atoms with van der Waals surface area (Å²) < 4.78 is 1.98. The Morgan fingerprint density at radius 3 is 2.55 bits per heavy atom. The second-order valence-electron chi connectivity index (χ2n) is 8.46. The molecule has 2 N–H and O–H groups in total. The minimum absolute atomic E-state index is 0.0792. The van der Waals surface area contributed by atoms with Crippen LogP contribution in [0.5, 0.6) is 0 Å². The summed E-state index contributed by atoms with van der Waals surface area (Å²) in [7, 11) is 0. The van der Waals surface area contributed by atoms with Crippen molar-refractivity contribution < 1.29 is 9.90 Å². The first-order valence-electron chi connectivity index (χ1n) is 9.83. The van der Waals surface area contributed by atoms with Crippen LogP contribution in [0.15, 0.2) is 36.4 Å². The number of hydrogen-bond donors (Lipinski definition) is 2. The zero-order valence-electron chi connectivity index (χ0n) is 16.9. The van der Waals surface area contributed by atoms with Crippen molar-refractivity contribution in [3.63, 3.8) is 0 Å². The number of benzene rings is 1. The molecule has 0 saturated heterocycles. The van der Waals surface area contributed by atoms with E-state index in [1.807, 2.05) is 35.8 Å². The lowest BCUT2D eigenvalue weighted by molar-refractivity contribution is -0.120. The van der Waals surface area contributed by atoms with Gasteiger partial charge in [-0.2, -0.15) is 0 Å². The van der Waals surface area contributed by atoms with Gasteiger partial charge in [0, 0.05) is 5.54 Å². The molecule has 1 aliphatic carbocycles. The second kappa shape index (κ2) is 7.11. The monoisotopic (exact) mass is 412 g/mol. The second-order valence-corrected chi connectivity index (χ2v) is 8.85. The van der Waals surface area contributed by atoms with Gasteiger partial charge in [-0.1, -0.05) is 41.4 Å². The van der Waals surface area contributed by atoms with Gasteiger partial charge < -0.3 is 5.11 Å². The molecule has 4 rings (SSSR count). The molecule has 1 aromatic carbocycles. The fourth-order valence-electron chi connectivity index (χ4n) is 3.94. The number of fused-ring (bicyclic) bond motifs is 1. The van der Waals surface area contributed by atoms with Gasteiger partial charge in [-0.25, -0.2) is 9.97 Å². The van der Waals surface area contributed by atoms with Gasteiger partial charge in [0.05, 0.1) is 12.0 Å². The highest BCUT2D eigenvalue weighted by molar-refractivity contribution is 6.29. The van der Waals surface area contributed by atoms with E-state index in [1.165, 1.54) is 0 Å². The smallest absolute Gasteiger partial charge is 0.229 e. The van der Waals surface area contributed by atoms with Gasteiger partial charge in [-0.05, 0) is 57.7 Å². The van der Waals surface area contributed by atoms with Crippen LogP contribution in [0.25, 0.3) is 11.2 Å². The quantitative estimate of drug-likeness (QED) is 0.603. The summed E-state index contributed by atoms with van der Waals surface area (Å²) >= 11 is 6.11. The molecule has 1 atom stereocenters. The van der Waals surface area contributed by atoms with E-state index in [2.05, 4.69) is 22.2 Å². The first kappa shape index (κ1) is 19.9. The van der Waals surface area contributed by atoms with Crippen LogP contribution in [0.1, 0.15) is 50.7 Å². The number of carbonyl (C=O) groups is 1. The van der Waals surface area contributed by atoms with Crippen molar-refractivity contribution in [3.8, 4) is 0 Å². The van der Waals surface area contributed by atoms with Crippen LogP contribution in [0.2, 0.25) is 5.15 Å². The summed E-state index contributed by atoms with van der Waals surface area (Å²) in [5, 5.41) is 14.2. The number of aliphatic hydroxyl groups is 1. The van der Waals surface area contributed by atoms with Gasteiger partial charge in [-0.3, -0.25) is 14.7 Å². The Hall–Kier alpha value is -2.44. The topological polar surface area (TPSA) is 80.0 Å². The fraction of sp³-hybridized carbons (Fsp3) is 0.409. The van der Waals surface area contributed by atoms with E-state index in [9.17, 15) is 9.90 Å². The van der Waals surface area contributed by atoms with E-state index in [0.29, 0.717) is 27.8 Å². The Morgan fingerprint density at radius 1 is 1.24 bits per heavy atom. The molecule has 2 heterocycles. The van der Waals surface area contributed by atoms with Crippen molar-refractivity contribution in [2.75, 3.05) is 5.32 Å². The van der Waals surface area contributed by atoms with Crippen molar-refractivity contribution in [2.24, 2.45) is 0 Å². The number of nitrogens with zero attached hydrogens (tertiary/aromatic N) is 3. The molecule has 0 aliphatic heterocycles. The van der Waals surface area contributed by atoms with Crippen LogP contribution in [-0.2, 0) is 15.9 Å². The molecular formula is C22H25ClN4O2. The van der Waals surface area contributed by atoms with Crippen molar-refractivity contribution in [2.45, 2.75) is 57.6 Å². The molecule has 1 aliphatic rings. The first-order chi connectivity index (χ1) is 13.7. The molecule has 2 aromatic heterocycles. The molecule has 152 valence electrons. The Morgan fingerprint density at radius 2 is 1.93 bits per heavy atom. The zero-order chi connectivity index (χ0) is 20.8. The minimum atomic E-state index is -1.28. The molecular weight excluding hydrogens is 388 g/mol. The lowest BCUT2D eigenvalue weighted by Gasteiger charge is -2.40. The van der Waals surface area contributed by atoms with Crippen LogP contribution in [0.3, 0.4) is 0 Å². The lowest BCUT2D eigenvalue weighted by atomic mass is 9.78. The number of imidazole rings is 1. The maximum absolute atomic E-state index is 12.8. The van der Waals surface area contributed by atoms with E-state index in [1.54, 1.807) is 19.1 Å². The van der Waals surface area contributed by atoms with E-state index in [-0.39, 0.29) is 17.9 Å². The number of anilines is 1. The summed E-state index contributed by atoms with van der Waals surface area (Å²) in [4.78, 5) is 21.9. The molecule has 0 unspecified atom stereocenters. The van der Waals surface area contributed by atoms with Crippen molar-refractivity contribution in [1.82, 2.24) is 14.5 Å². The van der Waals surface area contributed by atoms with E-state index in [4.69, 9.17) is 11.6 Å². The zero-order valence-corrected chi connectivity index (χ0v) is 17.6. The van der Waals surface area contributed by atoms with E-state index >= 15 is 0 Å². The lowest BCUT2D eigenvalue weighted by Crippen LogP contribution is -2.39. The minimum Gasteiger partial charge on any atom is -0.385 e. The average Bonchev–Trinajstić information content (AvgIpc) is 2.96. The fourth-order valence-corrected chi connectivity index (χ4v) is 4.08. The predicted octanol–water partition coefficient (Wildman–Crippen LogP) is 4.53. The highest BCUT2D eigenvalue weighted by atomic mass is 35.5. The number of aromatic nitrogens is 3. The molecule has 0 bridgehead atoms. The number of hydrogen-bond acceptors (Lipinski definition) is 4. The Kier molecular flexibility index (Phi) is 4.87. The van der Waals surface area contributed by atoms with Crippen LogP contribution >= 0.6 is 11.6 Å². The molecule has 3 aromatic rings. The largest absolute Gasteiger partial charge is 0.385 e. The third-order valence-electron chi connectivity index (χ3n) is 5.87. The van der Waals surface area contributed by atoms with Gasteiger partial charge in [0.15, 0.2) is 5.65 Å². The summed E-state index contributed by atoms with van der Waals surface area (Å²) in [5.74, 6) is 0.142. The van der Waals surface area contributed by atoms with E-state index < -0.39 is 5.60 Å². The van der Waals surface area contributed by atoms with Crippen molar-refractivity contribution in [1.29, 1.82) is 0 Å². The first-order valence-corrected chi connectivity index (χ1v) is 10.2. The van der Waals surface area contributed by atoms with Gasteiger partial charge in [0.1, 0.15) is 10.7 Å². The highest BCUT2D eigenvalue weighted by Crippen LogP contribution is 2.42. The normalized spacial score (nSPS) is 17.6. The highest BCUT2D eigenvalue weighted by Gasteiger charge is 2.38. The predicted molar refractivity (Wildman–Crippen MR) is 114 cm³/mol. The summed E-state index contributed by atoms with van der Waals surface area (Å²) in [6.07, 6.45) is 3.00. The summed E-state index contributed by atoms with van der Waals surface area (Å²) in [6.45, 7) is 5.77. The number of aryl methyl sites for hydroxylation is 1. The summed E-state index contributed by atoms with van der Waals surface area (Å²) in [5.41, 5.74) is 1.71. The Balaban J connectivity index is 1.63. The van der Waals surface area contributed by atoms with Gasteiger partial charge in [0.25, 0.3) is 0 Å². The number of amides is 1. The van der Waals surface area contributed by atoms with Crippen LogP contribution in [-0.4, -0.2) is 25.5 Å². The van der Waals surface area contributed by atoms with Gasteiger partial charge in [0.2, 0.25) is 11.9 Å². The molecule has 1 amide bonds. The van der Waals surface area contributed by atoms with Crippen LogP contribution < -0.4 is 5.32 Å². The maximum atomic E-state index is 12.8. The third kappa shape index (κ3) is 3.74. The van der Waals surface area contributed by atoms with Gasteiger partial charge in [-0.15, -0.1) is 0 Å². The molecule has 1 saturated carbocycles. The standard InChI is InChI=1S/C22H25ClN4O2/c1-14-5-7-15(8-6-14)22(3,29)13-18(28)26-20-24-16-9-10-17(23)25-19(16)27(20)21(2)11-4-12-21/h5-10,29H,4,11-13H2,1-3H3,(H,24,26,28)/t22-/m0/s1. The van der Waals surface area contributed by atoms with E-state index in [0.717, 1.165) is 24.8 Å². The molecule has 6 nitrogen and oxygen atoms in total. The Bertz CT molecular complexity index is 1070. The molecule has 1 fully saturated rings.